The topological polar surface area (TPSA) is 41.0 Å². The van der Waals surface area contributed by atoms with Gasteiger partial charge in [0.15, 0.2) is 0 Å². The zero-order valence-corrected chi connectivity index (χ0v) is 8.97. The summed E-state index contributed by atoms with van der Waals surface area (Å²) in [4.78, 5) is 3.39. The molecule has 0 aliphatic carbocycles. The maximum absolute atomic E-state index is 3.79. The molecular weight excluding hydrogens is 184 g/mol. The Balaban J connectivity index is 1.96. The van der Waals surface area contributed by atoms with Crippen LogP contribution in [0.25, 0.3) is 0 Å². The van der Waals surface area contributed by atoms with Gasteiger partial charge in [0.2, 0.25) is 0 Å². The Kier molecular flexibility index (Phi) is 4.88. The van der Waals surface area contributed by atoms with Crippen LogP contribution in [0.5, 0.6) is 0 Å². The standard InChI is InChI=1S/C8H16N4S/c1-12(2)5-3-4-9-6-8-7-10-11-13-8/h7,9H,3-6H2,1-2H3. The predicted octanol–water partition coefficient (Wildman–Crippen LogP) is 0.579. The van der Waals surface area contributed by atoms with E-state index in [0.717, 1.165) is 19.6 Å². The molecule has 0 aromatic carbocycles. The Labute approximate surface area is 83.1 Å². The smallest absolute Gasteiger partial charge is 0.0666 e. The van der Waals surface area contributed by atoms with Crippen LogP contribution < -0.4 is 5.32 Å². The molecule has 1 aromatic rings. The molecule has 5 heteroatoms. The molecule has 0 saturated heterocycles. The highest BCUT2D eigenvalue weighted by Crippen LogP contribution is 1.99. The Morgan fingerprint density at radius 2 is 2.38 bits per heavy atom. The zero-order valence-electron chi connectivity index (χ0n) is 8.16. The monoisotopic (exact) mass is 200 g/mol. The Morgan fingerprint density at radius 1 is 1.54 bits per heavy atom. The molecule has 4 nitrogen and oxygen atoms in total. The van der Waals surface area contributed by atoms with Gasteiger partial charge in [-0.05, 0) is 45.1 Å². The van der Waals surface area contributed by atoms with Crippen LogP contribution in [-0.4, -0.2) is 41.7 Å². The summed E-state index contributed by atoms with van der Waals surface area (Å²) in [6.45, 7) is 3.08. The van der Waals surface area contributed by atoms with Gasteiger partial charge in [0.05, 0.1) is 11.1 Å². The van der Waals surface area contributed by atoms with Crippen molar-refractivity contribution < 1.29 is 0 Å². The Bertz CT molecular complexity index is 210. The molecule has 0 bridgehead atoms. The predicted molar refractivity (Wildman–Crippen MR) is 54.8 cm³/mol. The second kappa shape index (κ2) is 6.01. The fraction of sp³-hybridized carbons (Fsp3) is 0.750. The highest BCUT2D eigenvalue weighted by molar-refractivity contribution is 7.05. The van der Waals surface area contributed by atoms with Gasteiger partial charge in [-0.2, -0.15) is 0 Å². The second-order valence-electron chi connectivity index (χ2n) is 3.22. The molecule has 0 unspecified atom stereocenters. The lowest BCUT2D eigenvalue weighted by molar-refractivity contribution is 0.394. The van der Waals surface area contributed by atoms with Gasteiger partial charge in [-0.1, -0.05) is 4.49 Å². The molecule has 0 aliphatic heterocycles. The number of aromatic nitrogens is 2. The summed E-state index contributed by atoms with van der Waals surface area (Å²) in [5.41, 5.74) is 0. The van der Waals surface area contributed by atoms with Gasteiger partial charge in [0.1, 0.15) is 0 Å². The molecule has 13 heavy (non-hydrogen) atoms. The molecule has 0 spiro atoms. The molecule has 0 aliphatic rings. The molecule has 0 amide bonds. The number of nitrogens with one attached hydrogen (secondary N) is 1. The van der Waals surface area contributed by atoms with Gasteiger partial charge < -0.3 is 10.2 Å². The van der Waals surface area contributed by atoms with E-state index in [0.29, 0.717) is 0 Å². The summed E-state index contributed by atoms with van der Waals surface area (Å²) in [5.74, 6) is 0. The average Bonchev–Trinajstić information content (AvgIpc) is 2.55. The highest BCUT2D eigenvalue weighted by atomic mass is 32.1. The van der Waals surface area contributed by atoms with Crippen molar-refractivity contribution in [2.24, 2.45) is 0 Å². The molecule has 1 aromatic heterocycles. The molecular formula is C8H16N4S. The lowest BCUT2D eigenvalue weighted by Gasteiger charge is -2.08. The third-order valence-corrected chi connectivity index (χ3v) is 2.33. The van der Waals surface area contributed by atoms with Crippen LogP contribution >= 0.6 is 11.5 Å². The van der Waals surface area contributed by atoms with Gasteiger partial charge in [-0.15, -0.1) is 5.10 Å². The fourth-order valence-electron chi connectivity index (χ4n) is 0.997. The van der Waals surface area contributed by atoms with Gasteiger partial charge in [0, 0.05) is 6.54 Å². The van der Waals surface area contributed by atoms with Crippen LogP contribution in [0.15, 0.2) is 6.20 Å². The number of hydrogen-bond acceptors (Lipinski definition) is 5. The number of hydrogen-bond donors (Lipinski definition) is 1. The van der Waals surface area contributed by atoms with E-state index < -0.39 is 0 Å². The third-order valence-electron chi connectivity index (χ3n) is 1.67. The normalized spacial score (nSPS) is 11.0. The van der Waals surface area contributed by atoms with Crippen molar-refractivity contribution in [1.82, 2.24) is 19.8 Å². The lowest BCUT2D eigenvalue weighted by Crippen LogP contribution is -2.20. The van der Waals surface area contributed by atoms with Crippen LogP contribution in [0.4, 0.5) is 0 Å². The van der Waals surface area contributed by atoms with Gasteiger partial charge in [-0.25, -0.2) is 0 Å². The first-order chi connectivity index (χ1) is 6.29. The molecule has 1 heterocycles. The maximum atomic E-state index is 3.79. The second-order valence-corrected chi connectivity index (χ2v) is 4.09. The molecule has 0 atom stereocenters. The molecule has 0 saturated carbocycles. The van der Waals surface area contributed by atoms with Crippen molar-refractivity contribution in [3.05, 3.63) is 11.1 Å². The van der Waals surface area contributed by atoms with Crippen LogP contribution in [0.2, 0.25) is 0 Å². The lowest BCUT2D eigenvalue weighted by atomic mass is 10.4. The fourth-order valence-corrected chi connectivity index (χ4v) is 1.46. The van der Waals surface area contributed by atoms with Gasteiger partial charge >= 0.3 is 0 Å². The third kappa shape index (κ3) is 4.92. The highest BCUT2D eigenvalue weighted by Gasteiger charge is 1.94. The molecule has 74 valence electrons. The number of nitrogens with zero attached hydrogens (tertiary/aromatic N) is 3. The largest absolute Gasteiger partial charge is 0.312 e. The maximum Gasteiger partial charge on any atom is 0.0666 e. The molecule has 0 fully saturated rings. The van der Waals surface area contributed by atoms with Gasteiger partial charge in [0.25, 0.3) is 0 Å². The van der Waals surface area contributed by atoms with Crippen molar-refractivity contribution in [3.8, 4) is 0 Å². The van der Waals surface area contributed by atoms with Crippen LogP contribution in [0.3, 0.4) is 0 Å². The molecule has 0 radical (unpaired) electrons. The SMILES string of the molecule is CN(C)CCCNCc1cnns1. The molecule has 1 rings (SSSR count). The van der Waals surface area contributed by atoms with Crippen LogP contribution in [0.1, 0.15) is 11.3 Å². The number of rotatable bonds is 6. The van der Waals surface area contributed by atoms with E-state index in [9.17, 15) is 0 Å². The minimum absolute atomic E-state index is 0.894. The minimum Gasteiger partial charge on any atom is -0.312 e. The van der Waals surface area contributed by atoms with E-state index in [1.807, 2.05) is 6.20 Å². The first-order valence-electron chi connectivity index (χ1n) is 4.40. The van der Waals surface area contributed by atoms with Crippen molar-refractivity contribution in [3.63, 3.8) is 0 Å². The van der Waals surface area contributed by atoms with E-state index in [-0.39, 0.29) is 0 Å². The first-order valence-corrected chi connectivity index (χ1v) is 5.18. The summed E-state index contributed by atoms with van der Waals surface area (Å²) in [6, 6.07) is 0. The minimum atomic E-state index is 0.894. The first kappa shape index (κ1) is 10.6. The molecule has 1 N–H and O–H groups in total. The summed E-state index contributed by atoms with van der Waals surface area (Å²) in [5, 5.41) is 7.12. The summed E-state index contributed by atoms with van der Waals surface area (Å²) in [6.07, 6.45) is 2.99. The summed E-state index contributed by atoms with van der Waals surface area (Å²) in [7, 11) is 4.18. The van der Waals surface area contributed by atoms with Crippen LogP contribution in [0, 0.1) is 0 Å². The average molecular weight is 200 g/mol. The Morgan fingerprint density at radius 3 is 3.00 bits per heavy atom. The van der Waals surface area contributed by atoms with Crippen molar-refractivity contribution in [1.29, 1.82) is 0 Å². The van der Waals surface area contributed by atoms with E-state index >= 15 is 0 Å². The van der Waals surface area contributed by atoms with Crippen molar-refractivity contribution >= 4 is 11.5 Å². The van der Waals surface area contributed by atoms with E-state index in [1.54, 1.807) is 0 Å². The quantitative estimate of drug-likeness (QED) is 0.682. The summed E-state index contributed by atoms with van der Waals surface area (Å²) < 4.78 is 3.79. The van der Waals surface area contributed by atoms with Crippen molar-refractivity contribution in [2.45, 2.75) is 13.0 Å². The van der Waals surface area contributed by atoms with E-state index in [4.69, 9.17) is 0 Å². The van der Waals surface area contributed by atoms with E-state index in [2.05, 4.69) is 33.9 Å². The summed E-state index contributed by atoms with van der Waals surface area (Å²) >= 11 is 1.45. The Hall–Kier alpha value is -0.520. The van der Waals surface area contributed by atoms with Gasteiger partial charge in [-0.3, -0.25) is 0 Å². The van der Waals surface area contributed by atoms with E-state index in [1.165, 1.54) is 22.8 Å². The van der Waals surface area contributed by atoms with Crippen LogP contribution in [-0.2, 0) is 6.54 Å². The zero-order chi connectivity index (χ0) is 9.52. The van der Waals surface area contributed by atoms with Crippen molar-refractivity contribution in [2.75, 3.05) is 27.2 Å².